The van der Waals surface area contributed by atoms with E-state index in [1.165, 1.54) is 0 Å². The summed E-state index contributed by atoms with van der Waals surface area (Å²) < 4.78 is 0. The van der Waals surface area contributed by atoms with Gasteiger partial charge < -0.3 is 10.2 Å². The van der Waals surface area contributed by atoms with E-state index in [4.69, 9.17) is 11.6 Å². The van der Waals surface area contributed by atoms with Crippen molar-refractivity contribution in [2.24, 2.45) is 0 Å². The van der Waals surface area contributed by atoms with Gasteiger partial charge in [0.05, 0.1) is 17.5 Å². The molecular weight excluding hydrogens is 312 g/mol. The van der Waals surface area contributed by atoms with Crippen LogP contribution >= 0.6 is 11.6 Å². The first-order valence-electron chi connectivity index (χ1n) is 8.07. The maximum atomic E-state index is 13.2. The summed E-state index contributed by atoms with van der Waals surface area (Å²) in [6.45, 7) is 1.87. The Labute approximate surface area is 140 Å². The number of carbonyl (C=O) groups excluding carboxylic acids is 1. The molecule has 6 heteroatoms. The molecule has 120 valence electrons. The number of hydrogen-bond acceptors (Lipinski definition) is 3. The molecule has 2 fully saturated rings. The summed E-state index contributed by atoms with van der Waals surface area (Å²) in [7, 11) is 0. The van der Waals surface area contributed by atoms with Crippen LogP contribution in [-0.2, 0) is 0 Å². The average Bonchev–Trinajstić information content (AvgIpc) is 3.10. The van der Waals surface area contributed by atoms with Crippen LogP contribution in [0.15, 0.2) is 30.5 Å². The standard InChI is InChI=1S/C17H19ClN4O/c18-12-3-1-2-11(8-12)16-15(10-20-21-16)17(23)22-13-4-5-14(22)9-19-7-6-13/h1-3,8,10,13-14,19H,4-7,9H2,(H,20,21). The van der Waals surface area contributed by atoms with E-state index >= 15 is 0 Å². The molecule has 1 amide bonds. The van der Waals surface area contributed by atoms with Crippen LogP contribution in [0, 0.1) is 0 Å². The highest BCUT2D eigenvalue weighted by atomic mass is 35.5. The quantitative estimate of drug-likeness (QED) is 0.890. The number of halogens is 1. The van der Waals surface area contributed by atoms with Crippen LogP contribution in [-0.4, -0.2) is 46.2 Å². The number of aromatic nitrogens is 2. The van der Waals surface area contributed by atoms with Crippen molar-refractivity contribution in [2.75, 3.05) is 13.1 Å². The summed E-state index contributed by atoms with van der Waals surface area (Å²) in [4.78, 5) is 15.2. The van der Waals surface area contributed by atoms with Crippen molar-refractivity contribution in [3.63, 3.8) is 0 Å². The Morgan fingerprint density at radius 3 is 3.00 bits per heavy atom. The number of carbonyl (C=O) groups is 1. The third kappa shape index (κ3) is 2.64. The molecule has 23 heavy (non-hydrogen) atoms. The molecule has 0 aliphatic carbocycles. The van der Waals surface area contributed by atoms with E-state index in [1.807, 2.05) is 24.3 Å². The molecule has 3 heterocycles. The van der Waals surface area contributed by atoms with E-state index in [1.54, 1.807) is 6.20 Å². The van der Waals surface area contributed by atoms with E-state index in [2.05, 4.69) is 20.4 Å². The van der Waals surface area contributed by atoms with Crippen molar-refractivity contribution in [2.45, 2.75) is 31.3 Å². The van der Waals surface area contributed by atoms with Crippen molar-refractivity contribution in [1.82, 2.24) is 20.4 Å². The van der Waals surface area contributed by atoms with Gasteiger partial charge in [0.15, 0.2) is 0 Å². The third-order valence-corrected chi connectivity index (χ3v) is 5.11. The zero-order valence-corrected chi connectivity index (χ0v) is 13.5. The van der Waals surface area contributed by atoms with Crippen molar-refractivity contribution in [3.8, 4) is 11.3 Å². The molecule has 5 nitrogen and oxygen atoms in total. The molecule has 2 bridgehead atoms. The van der Waals surface area contributed by atoms with Gasteiger partial charge in [0.1, 0.15) is 0 Å². The van der Waals surface area contributed by atoms with Gasteiger partial charge in [0.25, 0.3) is 5.91 Å². The monoisotopic (exact) mass is 330 g/mol. The SMILES string of the molecule is O=C(c1cn[nH]c1-c1cccc(Cl)c1)N1C2CCNCC1CC2. The topological polar surface area (TPSA) is 61.0 Å². The van der Waals surface area contributed by atoms with E-state index in [9.17, 15) is 4.79 Å². The van der Waals surface area contributed by atoms with Crippen LogP contribution in [0.5, 0.6) is 0 Å². The fourth-order valence-corrected chi connectivity index (χ4v) is 3.96. The Morgan fingerprint density at radius 2 is 2.13 bits per heavy atom. The maximum Gasteiger partial charge on any atom is 0.258 e. The lowest BCUT2D eigenvalue weighted by atomic mass is 10.1. The van der Waals surface area contributed by atoms with Crippen LogP contribution in [0.25, 0.3) is 11.3 Å². The van der Waals surface area contributed by atoms with E-state index in [0.717, 1.165) is 43.6 Å². The largest absolute Gasteiger partial charge is 0.331 e. The number of amides is 1. The molecule has 2 N–H and O–H groups in total. The molecule has 1 aromatic heterocycles. The molecule has 2 aromatic rings. The minimum absolute atomic E-state index is 0.0740. The van der Waals surface area contributed by atoms with E-state index in [-0.39, 0.29) is 11.9 Å². The minimum Gasteiger partial charge on any atom is -0.331 e. The normalized spacial score (nSPS) is 23.8. The fourth-order valence-electron chi connectivity index (χ4n) is 3.77. The van der Waals surface area contributed by atoms with Gasteiger partial charge in [0, 0.05) is 29.2 Å². The molecule has 2 aliphatic heterocycles. The molecule has 0 saturated carbocycles. The molecular formula is C17H19ClN4O. The minimum atomic E-state index is 0.0740. The number of nitrogens with zero attached hydrogens (tertiary/aromatic N) is 2. The number of H-pyrrole nitrogens is 1. The number of fused-ring (bicyclic) bond motifs is 2. The van der Waals surface area contributed by atoms with Crippen molar-refractivity contribution in [3.05, 3.63) is 41.0 Å². The Hall–Kier alpha value is -1.85. The number of rotatable bonds is 2. The van der Waals surface area contributed by atoms with Crippen molar-refractivity contribution >= 4 is 17.5 Å². The number of benzene rings is 1. The van der Waals surface area contributed by atoms with Gasteiger partial charge in [0.2, 0.25) is 0 Å². The number of nitrogens with one attached hydrogen (secondary N) is 2. The van der Waals surface area contributed by atoms with Crippen LogP contribution in [0.2, 0.25) is 5.02 Å². The van der Waals surface area contributed by atoms with Gasteiger partial charge in [-0.05, 0) is 37.9 Å². The van der Waals surface area contributed by atoms with Crippen LogP contribution in [0.3, 0.4) is 0 Å². The lowest BCUT2D eigenvalue weighted by Crippen LogP contribution is -2.42. The Kier molecular flexibility index (Phi) is 3.83. The van der Waals surface area contributed by atoms with Crippen molar-refractivity contribution in [1.29, 1.82) is 0 Å². The molecule has 2 saturated heterocycles. The smallest absolute Gasteiger partial charge is 0.258 e. The van der Waals surface area contributed by atoms with Crippen LogP contribution in [0.4, 0.5) is 0 Å². The average molecular weight is 331 g/mol. The molecule has 4 rings (SSSR count). The summed E-state index contributed by atoms with van der Waals surface area (Å²) in [5.41, 5.74) is 2.26. The second kappa shape index (κ2) is 5.98. The maximum absolute atomic E-state index is 13.2. The lowest BCUT2D eigenvalue weighted by Gasteiger charge is -2.27. The van der Waals surface area contributed by atoms with Crippen molar-refractivity contribution < 1.29 is 4.79 Å². The van der Waals surface area contributed by atoms with Gasteiger partial charge in [-0.3, -0.25) is 9.89 Å². The summed E-state index contributed by atoms with van der Waals surface area (Å²) >= 11 is 6.08. The van der Waals surface area contributed by atoms with Crippen LogP contribution in [0.1, 0.15) is 29.6 Å². The Morgan fingerprint density at radius 1 is 1.26 bits per heavy atom. The highest BCUT2D eigenvalue weighted by Crippen LogP contribution is 2.32. The number of hydrogen-bond donors (Lipinski definition) is 2. The molecule has 1 aromatic carbocycles. The lowest BCUT2D eigenvalue weighted by molar-refractivity contribution is 0.0681. The molecule has 0 spiro atoms. The predicted octanol–water partition coefficient (Wildman–Crippen LogP) is 2.70. The first kappa shape index (κ1) is 14.7. The third-order valence-electron chi connectivity index (χ3n) is 4.87. The Bertz CT molecular complexity index is 715. The Balaban J connectivity index is 1.69. The van der Waals surface area contributed by atoms with Gasteiger partial charge in [-0.25, -0.2) is 0 Å². The summed E-state index contributed by atoms with van der Waals surface area (Å²) in [6.07, 6.45) is 4.83. The molecule has 2 atom stereocenters. The molecule has 2 aliphatic rings. The number of aromatic amines is 1. The molecule has 2 unspecified atom stereocenters. The predicted molar refractivity (Wildman–Crippen MR) is 89.5 cm³/mol. The van der Waals surface area contributed by atoms with Gasteiger partial charge in [-0.15, -0.1) is 0 Å². The zero-order valence-electron chi connectivity index (χ0n) is 12.8. The molecule has 0 radical (unpaired) electrons. The summed E-state index contributed by atoms with van der Waals surface area (Å²) in [5.74, 6) is 0.0740. The van der Waals surface area contributed by atoms with Gasteiger partial charge in [-0.2, -0.15) is 5.10 Å². The second-order valence-corrected chi connectivity index (χ2v) is 6.70. The zero-order chi connectivity index (χ0) is 15.8. The van der Waals surface area contributed by atoms with Gasteiger partial charge in [-0.1, -0.05) is 23.7 Å². The fraction of sp³-hybridized carbons (Fsp3) is 0.412. The summed E-state index contributed by atoms with van der Waals surface area (Å²) in [6, 6.07) is 8.12. The first-order chi connectivity index (χ1) is 11.2. The highest BCUT2D eigenvalue weighted by molar-refractivity contribution is 6.30. The van der Waals surface area contributed by atoms with E-state index < -0.39 is 0 Å². The van der Waals surface area contributed by atoms with E-state index in [0.29, 0.717) is 16.6 Å². The van der Waals surface area contributed by atoms with Crippen LogP contribution < -0.4 is 5.32 Å². The highest BCUT2D eigenvalue weighted by Gasteiger charge is 2.39. The summed E-state index contributed by atoms with van der Waals surface area (Å²) in [5, 5.41) is 11.1. The second-order valence-electron chi connectivity index (χ2n) is 6.26. The van der Waals surface area contributed by atoms with Gasteiger partial charge >= 0.3 is 0 Å². The first-order valence-corrected chi connectivity index (χ1v) is 8.44.